The number of carbonyl (C=O) groups is 2. The third kappa shape index (κ3) is 3.28. The van der Waals surface area contributed by atoms with Crippen molar-refractivity contribution in [2.75, 3.05) is 0 Å². The van der Waals surface area contributed by atoms with E-state index in [2.05, 4.69) is 20.8 Å². The van der Waals surface area contributed by atoms with E-state index in [0.717, 1.165) is 24.8 Å². The Morgan fingerprint density at radius 3 is 2.37 bits per heavy atom. The molecule has 27 heavy (non-hydrogen) atoms. The summed E-state index contributed by atoms with van der Waals surface area (Å²) in [5.41, 5.74) is 1.14. The molecule has 0 heterocycles. The molecule has 2 saturated carbocycles. The zero-order valence-corrected chi connectivity index (χ0v) is 17.1. The van der Waals surface area contributed by atoms with E-state index in [-0.39, 0.29) is 40.1 Å². The minimum Gasteiger partial charge on any atom is -0.508 e. The number of ketones is 1. The van der Waals surface area contributed by atoms with E-state index in [1.807, 2.05) is 19.9 Å². The van der Waals surface area contributed by atoms with Gasteiger partial charge in [0.2, 0.25) is 0 Å². The Labute approximate surface area is 162 Å². The van der Waals surface area contributed by atoms with Crippen molar-refractivity contribution in [3.05, 3.63) is 29.3 Å². The third-order valence-electron chi connectivity index (χ3n) is 7.58. The summed E-state index contributed by atoms with van der Waals surface area (Å²) in [6, 6.07) is 4.97. The zero-order chi connectivity index (χ0) is 20.1. The summed E-state index contributed by atoms with van der Waals surface area (Å²) in [4.78, 5) is 25.7. The van der Waals surface area contributed by atoms with E-state index >= 15 is 0 Å². The predicted octanol–water partition coefficient (Wildman–Crippen LogP) is 5.07. The average molecular weight is 373 g/mol. The molecule has 3 rings (SSSR count). The Morgan fingerprint density at radius 1 is 1.11 bits per heavy atom. The van der Waals surface area contributed by atoms with Gasteiger partial charge in [-0.1, -0.05) is 34.1 Å². The summed E-state index contributed by atoms with van der Waals surface area (Å²) in [6.07, 6.45) is 3.72. The average Bonchev–Trinajstić information content (AvgIpc) is 2.52. The molecule has 0 aromatic heterocycles. The maximum atomic E-state index is 13.6. The second-order valence-corrected chi connectivity index (χ2v) is 9.84. The molecule has 2 fully saturated rings. The second kappa shape index (κ2) is 6.65. The number of carboxylic acid groups (broad SMARTS) is 1. The predicted molar refractivity (Wildman–Crippen MR) is 105 cm³/mol. The van der Waals surface area contributed by atoms with Crippen LogP contribution in [0.2, 0.25) is 0 Å². The highest BCUT2D eigenvalue weighted by Gasteiger charge is 2.59. The van der Waals surface area contributed by atoms with Gasteiger partial charge in [-0.05, 0) is 72.6 Å². The summed E-state index contributed by atoms with van der Waals surface area (Å²) >= 11 is 0. The Morgan fingerprint density at radius 2 is 1.78 bits per heavy atom. The van der Waals surface area contributed by atoms with Gasteiger partial charge in [0.15, 0.2) is 5.78 Å². The van der Waals surface area contributed by atoms with E-state index in [1.54, 1.807) is 6.07 Å². The maximum absolute atomic E-state index is 13.6. The van der Waals surface area contributed by atoms with Crippen molar-refractivity contribution in [2.24, 2.45) is 34.5 Å². The van der Waals surface area contributed by atoms with Gasteiger partial charge in [-0.15, -0.1) is 0 Å². The lowest BCUT2D eigenvalue weighted by molar-refractivity contribution is -0.157. The first-order valence-electron chi connectivity index (χ1n) is 10.0. The van der Waals surface area contributed by atoms with Gasteiger partial charge < -0.3 is 10.2 Å². The highest BCUT2D eigenvalue weighted by Crippen LogP contribution is 2.62. The van der Waals surface area contributed by atoms with Gasteiger partial charge in [0.25, 0.3) is 0 Å². The Bertz CT molecular complexity index is 745. The fraction of sp³-hybridized carbons (Fsp3) is 0.652. The molecule has 0 spiro atoms. The molecular weight excluding hydrogens is 340 g/mol. The minimum absolute atomic E-state index is 0.0161. The van der Waals surface area contributed by atoms with Gasteiger partial charge in [0, 0.05) is 11.5 Å². The number of carbonyl (C=O) groups excluding carboxylic acids is 1. The standard InChI is InChI=1S/C23H32O4/c1-13-9-15(11-16(24)10-13)20(25)19-14(2)17(21(26)27)12-18-22(3,4)7-6-8-23(18,19)5/h9-11,14,17-19,24H,6-8,12H2,1-5H3,(H,26,27). The van der Waals surface area contributed by atoms with Crippen molar-refractivity contribution >= 4 is 11.8 Å². The molecule has 0 aliphatic heterocycles. The molecule has 0 saturated heterocycles. The van der Waals surface area contributed by atoms with Gasteiger partial charge in [-0.25, -0.2) is 0 Å². The van der Waals surface area contributed by atoms with E-state index in [4.69, 9.17) is 0 Å². The maximum Gasteiger partial charge on any atom is 0.306 e. The van der Waals surface area contributed by atoms with Crippen LogP contribution in [0, 0.1) is 41.4 Å². The summed E-state index contributed by atoms with van der Waals surface area (Å²) in [5, 5.41) is 19.8. The van der Waals surface area contributed by atoms with Crippen molar-refractivity contribution in [2.45, 2.75) is 60.3 Å². The van der Waals surface area contributed by atoms with Gasteiger partial charge in [0.05, 0.1) is 5.92 Å². The molecule has 1 aromatic rings. The zero-order valence-electron chi connectivity index (χ0n) is 17.1. The molecule has 4 heteroatoms. The smallest absolute Gasteiger partial charge is 0.306 e. The van der Waals surface area contributed by atoms with Gasteiger partial charge in [-0.3, -0.25) is 9.59 Å². The van der Waals surface area contributed by atoms with E-state index < -0.39 is 11.9 Å². The number of aliphatic carboxylic acids is 1. The van der Waals surface area contributed by atoms with Crippen LogP contribution in [0.5, 0.6) is 5.75 Å². The SMILES string of the molecule is Cc1cc(O)cc(C(=O)C2C(C)C(C(=O)O)CC3C(C)(C)CCCC23C)c1. The van der Waals surface area contributed by atoms with E-state index in [0.29, 0.717) is 12.0 Å². The molecule has 4 nitrogen and oxygen atoms in total. The highest BCUT2D eigenvalue weighted by atomic mass is 16.4. The Hall–Kier alpha value is -1.84. The van der Waals surface area contributed by atoms with Crippen molar-refractivity contribution in [3.8, 4) is 5.75 Å². The lowest BCUT2D eigenvalue weighted by Gasteiger charge is -2.59. The quantitative estimate of drug-likeness (QED) is 0.726. The molecule has 0 bridgehead atoms. The number of fused-ring (bicyclic) bond motifs is 1. The molecule has 2 N–H and O–H groups in total. The van der Waals surface area contributed by atoms with Crippen molar-refractivity contribution in [1.82, 2.24) is 0 Å². The first-order valence-corrected chi connectivity index (χ1v) is 10.0. The number of phenols is 1. The molecule has 1 aromatic carbocycles. The fourth-order valence-corrected chi connectivity index (χ4v) is 6.38. The number of hydrogen-bond donors (Lipinski definition) is 2. The number of aryl methyl sites for hydroxylation is 1. The summed E-state index contributed by atoms with van der Waals surface area (Å²) in [7, 11) is 0. The van der Waals surface area contributed by atoms with Crippen LogP contribution in [0.15, 0.2) is 18.2 Å². The van der Waals surface area contributed by atoms with E-state index in [1.165, 1.54) is 6.07 Å². The molecule has 5 unspecified atom stereocenters. The lowest BCUT2D eigenvalue weighted by atomic mass is 9.44. The minimum atomic E-state index is -0.796. The number of aromatic hydroxyl groups is 1. The monoisotopic (exact) mass is 372 g/mol. The number of phenolic OH excluding ortho intramolecular Hbond substituents is 1. The first kappa shape index (κ1) is 19.9. The molecule has 148 valence electrons. The molecule has 2 aliphatic rings. The molecule has 2 aliphatic carbocycles. The number of rotatable bonds is 3. The van der Waals surface area contributed by atoms with Crippen LogP contribution < -0.4 is 0 Å². The van der Waals surface area contributed by atoms with Crippen LogP contribution in [0.25, 0.3) is 0 Å². The van der Waals surface area contributed by atoms with Crippen LogP contribution in [0.3, 0.4) is 0 Å². The first-order chi connectivity index (χ1) is 12.5. The number of Topliss-reactive ketones (excluding diaryl/α,β-unsaturated/α-hetero) is 1. The normalized spacial score (nSPS) is 35.3. The van der Waals surface area contributed by atoms with Crippen LogP contribution in [0.1, 0.15) is 69.3 Å². The van der Waals surface area contributed by atoms with Crippen LogP contribution in [-0.4, -0.2) is 22.0 Å². The third-order valence-corrected chi connectivity index (χ3v) is 7.58. The summed E-state index contributed by atoms with van der Waals surface area (Å²) < 4.78 is 0. The topological polar surface area (TPSA) is 74.6 Å². The van der Waals surface area contributed by atoms with Gasteiger partial charge in [0.1, 0.15) is 5.75 Å². The van der Waals surface area contributed by atoms with Gasteiger partial charge >= 0.3 is 5.97 Å². The summed E-state index contributed by atoms with van der Waals surface area (Å²) in [6.45, 7) is 10.4. The van der Waals surface area contributed by atoms with Crippen molar-refractivity contribution in [1.29, 1.82) is 0 Å². The molecule has 0 radical (unpaired) electrons. The molecule has 0 amide bonds. The number of benzene rings is 1. The molecule has 5 atom stereocenters. The Kier molecular flexibility index (Phi) is 4.90. The van der Waals surface area contributed by atoms with Crippen LogP contribution >= 0.6 is 0 Å². The lowest BCUT2D eigenvalue weighted by Crippen LogP contribution is -2.57. The van der Waals surface area contributed by atoms with Gasteiger partial charge in [-0.2, -0.15) is 0 Å². The Balaban J connectivity index is 2.11. The highest BCUT2D eigenvalue weighted by molar-refractivity contribution is 5.99. The number of carboxylic acids is 1. The number of hydrogen-bond acceptors (Lipinski definition) is 3. The fourth-order valence-electron chi connectivity index (χ4n) is 6.38. The largest absolute Gasteiger partial charge is 0.508 e. The molecular formula is C23H32O4. The second-order valence-electron chi connectivity index (χ2n) is 9.84. The summed E-state index contributed by atoms with van der Waals surface area (Å²) in [5.74, 6) is -1.61. The van der Waals surface area contributed by atoms with Crippen LogP contribution in [0.4, 0.5) is 0 Å². The van der Waals surface area contributed by atoms with Crippen molar-refractivity contribution in [3.63, 3.8) is 0 Å². The van der Waals surface area contributed by atoms with Crippen molar-refractivity contribution < 1.29 is 19.8 Å². The van der Waals surface area contributed by atoms with E-state index in [9.17, 15) is 19.8 Å². The van der Waals surface area contributed by atoms with Crippen LogP contribution in [-0.2, 0) is 4.79 Å².